The first-order valence-electron chi connectivity index (χ1n) is 11.4. The van der Waals surface area contributed by atoms with E-state index < -0.39 is 10.0 Å². The average molecular weight is 488 g/mol. The standard InChI is InChI=1S/C26H25N5O3S/c32-26(23-12-10-22(11-13-23)20-31-25-9-5-4-8-24(25)27-28-31)29-15-17-30(18-16-29)35(33,34)19-14-21-6-2-1-3-7-21/h1-14,19H,15-18,20H2. The van der Waals surface area contributed by atoms with Crippen LogP contribution in [0.25, 0.3) is 17.1 Å². The topological polar surface area (TPSA) is 88.4 Å². The highest BCUT2D eigenvalue weighted by Gasteiger charge is 2.27. The van der Waals surface area contributed by atoms with E-state index in [1.54, 1.807) is 11.0 Å². The zero-order valence-electron chi connectivity index (χ0n) is 19.1. The molecule has 0 aliphatic carbocycles. The number of carbonyl (C=O) groups excluding carboxylic acids is 1. The summed E-state index contributed by atoms with van der Waals surface area (Å²) in [6.45, 7) is 1.80. The van der Waals surface area contributed by atoms with Gasteiger partial charge in [-0.2, -0.15) is 4.31 Å². The highest BCUT2D eigenvalue weighted by molar-refractivity contribution is 7.92. The van der Waals surface area contributed by atoms with Gasteiger partial charge >= 0.3 is 0 Å². The highest BCUT2D eigenvalue weighted by atomic mass is 32.2. The molecule has 4 aromatic rings. The lowest BCUT2D eigenvalue weighted by atomic mass is 10.1. The number of rotatable bonds is 6. The molecule has 178 valence electrons. The lowest BCUT2D eigenvalue weighted by molar-refractivity contribution is 0.0698. The summed E-state index contributed by atoms with van der Waals surface area (Å²) < 4.78 is 28.6. The van der Waals surface area contributed by atoms with Crippen molar-refractivity contribution in [2.75, 3.05) is 26.2 Å². The molecule has 5 rings (SSSR count). The SMILES string of the molecule is O=C(c1ccc(Cn2nnc3ccccc32)cc1)N1CCN(S(=O)(=O)C=Cc2ccccc2)CC1. The number of fused-ring (bicyclic) bond motifs is 1. The smallest absolute Gasteiger partial charge is 0.253 e. The maximum atomic E-state index is 13.0. The Labute approximate surface area is 204 Å². The first kappa shape index (κ1) is 22.9. The van der Waals surface area contributed by atoms with E-state index in [-0.39, 0.29) is 19.0 Å². The summed E-state index contributed by atoms with van der Waals surface area (Å²) in [7, 11) is -3.54. The van der Waals surface area contributed by atoms with Gasteiger partial charge in [-0.15, -0.1) is 5.10 Å². The molecule has 0 radical (unpaired) electrons. The molecule has 3 aromatic carbocycles. The van der Waals surface area contributed by atoms with Crippen molar-refractivity contribution in [3.05, 3.63) is 101 Å². The maximum absolute atomic E-state index is 13.0. The minimum Gasteiger partial charge on any atom is -0.336 e. The van der Waals surface area contributed by atoms with Gasteiger partial charge < -0.3 is 4.90 Å². The molecule has 1 amide bonds. The number of hydrogen-bond donors (Lipinski definition) is 0. The summed E-state index contributed by atoms with van der Waals surface area (Å²) in [6.07, 6.45) is 1.59. The molecule has 8 nitrogen and oxygen atoms in total. The normalized spacial score (nSPS) is 15.1. The van der Waals surface area contributed by atoms with Crippen molar-refractivity contribution in [2.45, 2.75) is 6.54 Å². The Morgan fingerprint density at radius 3 is 2.29 bits per heavy atom. The Balaban J connectivity index is 1.19. The van der Waals surface area contributed by atoms with E-state index >= 15 is 0 Å². The number of sulfonamides is 1. The summed E-state index contributed by atoms with van der Waals surface area (Å²) in [5.74, 6) is -0.0976. The summed E-state index contributed by atoms with van der Waals surface area (Å²) in [5.41, 5.74) is 4.22. The van der Waals surface area contributed by atoms with E-state index in [0.29, 0.717) is 25.2 Å². The van der Waals surface area contributed by atoms with E-state index in [4.69, 9.17) is 0 Å². The molecule has 0 saturated carbocycles. The van der Waals surface area contributed by atoms with Crippen LogP contribution < -0.4 is 0 Å². The van der Waals surface area contributed by atoms with Crippen LogP contribution in [0.3, 0.4) is 0 Å². The van der Waals surface area contributed by atoms with Crippen LogP contribution in [0.2, 0.25) is 0 Å². The Morgan fingerprint density at radius 2 is 1.54 bits per heavy atom. The molecule has 9 heteroatoms. The fourth-order valence-electron chi connectivity index (χ4n) is 4.10. The van der Waals surface area contributed by atoms with Crippen molar-refractivity contribution in [3.8, 4) is 0 Å². The van der Waals surface area contributed by atoms with Gasteiger partial charge in [0, 0.05) is 37.2 Å². The van der Waals surface area contributed by atoms with Gasteiger partial charge in [-0.1, -0.05) is 59.8 Å². The van der Waals surface area contributed by atoms with E-state index in [1.165, 1.54) is 9.71 Å². The lowest BCUT2D eigenvalue weighted by Crippen LogP contribution is -2.50. The molecule has 0 unspecified atom stereocenters. The van der Waals surface area contributed by atoms with Gasteiger partial charge in [0.25, 0.3) is 5.91 Å². The third kappa shape index (κ3) is 5.16. The van der Waals surface area contributed by atoms with Crippen molar-refractivity contribution < 1.29 is 13.2 Å². The highest BCUT2D eigenvalue weighted by Crippen LogP contribution is 2.16. The van der Waals surface area contributed by atoms with Crippen LogP contribution in [0, 0.1) is 0 Å². The molecule has 1 aliphatic rings. The molecule has 0 N–H and O–H groups in total. The third-order valence-corrected chi connectivity index (χ3v) is 7.64. The Kier molecular flexibility index (Phi) is 6.43. The van der Waals surface area contributed by atoms with Crippen molar-refractivity contribution in [3.63, 3.8) is 0 Å². The summed E-state index contributed by atoms with van der Waals surface area (Å²) in [5, 5.41) is 9.62. The second kappa shape index (κ2) is 9.81. The average Bonchev–Trinajstić information content (AvgIpc) is 3.31. The molecule has 0 spiro atoms. The molecule has 2 heterocycles. The number of para-hydroxylation sites is 1. The van der Waals surface area contributed by atoms with Crippen molar-refractivity contribution in [2.24, 2.45) is 0 Å². The van der Waals surface area contributed by atoms with Gasteiger partial charge in [0.2, 0.25) is 10.0 Å². The van der Waals surface area contributed by atoms with Gasteiger partial charge in [-0.05, 0) is 41.5 Å². The number of aromatic nitrogens is 3. The molecule has 1 saturated heterocycles. The van der Waals surface area contributed by atoms with Crippen LogP contribution in [0.1, 0.15) is 21.5 Å². The quantitative estimate of drug-likeness (QED) is 0.417. The molecular weight excluding hydrogens is 462 g/mol. The molecular formula is C26H25N5O3S. The van der Waals surface area contributed by atoms with E-state index in [1.807, 2.05) is 83.5 Å². The van der Waals surface area contributed by atoms with Crippen LogP contribution in [0.15, 0.2) is 84.3 Å². The second-order valence-corrected chi connectivity index (χ2v) is 10.2. The molecule has 0 bridgehead atoms. The first-order chi connectivity index (χ1) is 17.0. The summed E-state index contributed by atoms with van der Waals surface area (Å²) >= 11 is 0. The largest absolute Gasteiger partial charge is 0.336 e. The minimum absolute atomic E-state index is 0.0976. The van der Waals surface area contributed by atoms with E-state index in [0.717, 1.165) is 22.2 Å². The van der Waals surface area contributed by atoms with E-state index in [9.17, 15) is 13.2 Å². The number of nitrogens with zero attached hydrogens (tertiary/aromatic N) is 5. The van der Waals surface area contributed by atoms with Crippen LogP contribution in [-0.2, 0) is 16.6 Å². The van der Waals surface area contributed by atoms with Crippen LogP contribution in [0.5, 0.6) is 0 Å². The van der Waals surface area contributed by atoms with E-state index in [2.05, 4.69) is 10.3 Å². The predicted molar refractivity (Wildman–Crippen MR) is 135 cm³/mol. The van der Waals surface area contributed by atoms with Gasteiger partial charge in [0.1, 0.15) is 5.52 Å². The molecule has 1 aliphatic heterocycles. The lowest BCUT2D eigenvalue weighted by Gasteiger charge is -2.33. The third-order valence-electron chi connectivity index (χ3n) is 6.07. The molecule has 1 aromatic heterocycles. The van der Waals surface area contributed by atoms with Crippen LogP contribution in [0.4, 0.5) is 0 Å². The first-order valence-corrected chi connectivity index (χ1v) is 12.9. The number of amides is 1. The summed E-state index contributed by atoms with van der Waals surface area (Å²) in [4.78, 5) is 14.7. The van der Waals surface area contributed by atoms with Crippen LogP contribution in [-0.4, -0.2) is 64.7 Å². The molecule has 35 heavy (non-hydrogen) atoms. The van der Waals surface area contributed by atoms with Gasteiger partial charge in [-0.3, -0.25) is 4.79 Å². The predicted octanol–water partition coefficient (Wildman–Crippen LogP) is 3.24. The van der Waals surface area contributed by atoms with Crippen molar-refractivity contribution in [1.82, 2.24) is 24.2 Å². The van der Waals surface area contributed by atoms with Gasteiger partial charge in [0.15, 0.2) is 0 Å². The Morgan fingerprint density at radius 1 is 0.857 bits per heavy atom. The second-order valence-electron chi connectivity index (χ2n) is 8.38. The Bertz CT molecular complexity index is 1460. The number of carbonyl (C=O) groups is 1. The zero-order chi connectivity index (χ0) is 24.3. The minimum atomic E-state index is -3.54. The van der Waals surface area contributed by atoms with Gasteiger partial charge in [-0.25, -0.2) is 13.1 Å². The fourth-order valence-corrected chi connectivity index (χ4v) is 5.28. The van der Waals surface area contributed by atoms with Gasteiger partial charge in [0.05, 0.1) is 12.1 Å². The molecule has 0 atom stereocenters. The van der Waals surface area contributed by atoms with Crippen molar-refractivity contribution >= 4 is 33.0 Å². The monoisotopic (exact) mass is 487 g/mol. The summed E-state index contributed by atoms with van der Waals surface area (Å²) in [6, 6.07) is 24.5. The fraction of sp³-hybridized carbons (Fsp3) is 0.192. The van der Waals surface area contributed by atoms with Crippen LogP contribution >= 0.6 is 0 Å². The maximum Gasteiger partial charge on any atom is 0.253 e. The zero-order valence-corrected chi connectivity index (χ0v) is 19.9. The number of hydrogen-bond acceptors (Lipinski definition) is 5. The Hall–Kier alpha value is -3.82. The number of piperazine rings is 1. The molecule has 1 fully saturated rings. The van der Waals surface area contributed by atoms with Crippen molar-refractivity contribution in [1.29, 1.82) is 0 Å². The number of benzene rings is 3.